The summed E-state index contributed by atoms with van der Waals surface area (Å²) in [6.45, 7) is 3.73. The highest BCUT2D eigenvalue weighted by Gasteiger charge is 2.38. The number of nitrogens with one attached hydrogen (secondary N) is 6. The molecule has 1 aliphatic rings. The first-order chi connectivity index (χ1) is 27.6. The van der Waals surface area contributed by atoms with E-state index in [4.69, 9.17) is 17.2 Å². The second kappa shape index (κ2) is 23.5. The lowest BCUT2D eigenvalue weighted by molar-refractivity contribution is -0.141. The molecule has 20 nitrogen and oxygen atoms in total. The number of amides is 6. The van der Waals surface area contributed by atoms with Crippen molar-refractivity contribution < 1.29 is 38.7 Å². The zero-order valence-electron chi connectivity index (χ0n) is 32.7. The second-order valence-corrected chi connectivity index (χ2v) is 14.8. The van der Waals surface area contributed by atoms with Crippen LogP contribution in [0.1, 0.15) is 57.2 Å². The number of hydrogen-bond donors (Lipinski definition) is 11. The first kappa shape index (κ1) is 46.7. The normalized spacial score (nSPS) is 16.2. The van der Waals surface area contributed by atoms with Gasteiger partial charge in [-0.3, -0.25) is 33.8 Å². The molecule has 1 fully saturated rings. The topological polar surface area (TPSA) is 322 Å². The number of aliphatic imine (C=N–C) groups is 1. The van der Waals surface area contributed by atoms with E-state index in [0.717, 1.165) is 0 Å². The molecular weight excluding hydrogens is 773 g/mol. The van der Waals surface area contributed by atoms with Gasteiger partial charge in [0.25, 0.3) is 0 Å². The number of nitrogens with two attached hydrogens (primary N) is 3. The molecule has 6 atom stereocenters. The van der Waals surface area contributed by atoms with Gasteiger partial charge in [0.05, 0.1) is 18.9 Å². The second-order valence-electron chi connectivity index (χ2n) is 14.4. The molecule has 0 aliphatic carbocycles. The molecule has 0 spiro atoms. The summed E-state index contributed by atoms with van der Waals surface area (Å²) in [5.74, 6) is -5.49. The number of rotatable bonds is 23. The molecule has 1 aliphatic heterocycles. The molecule has 318 valence electrons. The predicted octanol–water partition coefficient (Wildman–Crippen LogP) is -2.32. The van der Waals surface area contributed by atoms with E-state index in [1.165, 1.54) is 17.4 Å². The fourth-order valence-corrected chi connectivity index (χ4v) is 6.56. The minimum Gasteiger partial charge on any atom is -0.480 e. The van der Waals surface area contributed by atoms with E-state index in [1.54, 1.807) is 30.3 Å². The highest BCUT2D eigenvalue weighted by Crippen LogP contribution is 2.20. The van der Waals surface area contributed by atoms with Crippen LogP contribution >= 0.6 is 12.6 Å². The molecule has 2 heterocycles. The van der Waals surface area contributed by atoms with Crippen molar-refractivity contribution >= 4 is 60.0 Å². The summed E-state index contributed by atoms with van der Waals surface area (Å²) in [6.07, 6.45) is 4.35. The van der Waals surface area contributed by atoms with E-state index in [0.29, 0.717) is 37.1 Å². The van der Waals surface area contributed by atoms with E-state index in [2.05, 4.69) is 54.2 Å². The Morgan fingerprint density at radius 3 is 2.24 bits per heavy atom. The third kappa shape index (κ3) is 15.3. The Bertz CT molecular complexity index is 1720. The number of nitrogens with zero attached hydrogens (tertiary/aromatic N) is 3. The van der Waals surface area contributed by atoms with Crippen molar-refractivity contribution in [2.45, 2.75) is 95.0 Å². The molecule has 58 heavy (non-hydrogen) atoms. The van der Waals surface area contributed by atoms with Crippen LogP contribution in [0.15, 0.2) is 47.8 Å². The highest BCUT2D eigenvalue weighted by atomic mass is 32.1. The summed E-state index contributed by atoms with van der Waals surface area (Å²) >= 11 is 3.91. The van der Waals surface area contributed by atoms with Gasteiger partial charge in [-0.2, -0.15) is 12.6 Å². The summed E-state index contributed by atoms with van der Waals surface area (Å²) in [5, 5.41) is 22.0. The van der Waals surface area contributed by atoms with Crippen molar-refractivity contribution in [1.82, 2.24) is 41.5 Å². The van der Waals surface area contributed by atoms with Gasteiger partial charge in [0, 0.05) is 43.6 Å². The lowest BCUT2D eigenvalue weighted by Gasteiger charge is -2.29. The maximum atomic E-state index is 14.2. The number of thiol groups is 1. The van der Waals surface area contributed by atoms with Crippen molar-refractivity contribution in [3.63, 3.8) is 0 Å². The molecule has 0 saturated carbocycles. The van der Waals surface area contributed by atoms with Gasteiger partial charge in [0.1, 0.15) is 30.2 Å². The van der Waals surface area contributed by atoms with Crippen LogP contribution in [-0.2, 0) is 46.4 Å². The number of aliphatic carboxylic acids is 1. The van der Waals surface area contributed by atoms with Gasteiger partial charge >= 0.3 is 5.97 Å². The standard InChI is InChI=1S/C37H56N12O8S/c1-21(2)14-24(38)35(55)49-13-7-11-29(49)34(54)48-26(15-22-8-4-3-5-9-22)33(53)46-25(10-6-12-42-37(39)40)32(52)47-27(16-23-17-41-20-44-23)31(51)43-18-30(50)45-28(19-58)36(56)57/h3-5,8-9,17,20-21,24-29,58H,6-7,10-16,18-19,38H2,1-2H3,(H,41,44)(H,43,51)(H,45,50)(H,46,53)(H,47,52)(H,48,54)(H,56,57)(H4,39,40,42)/t24-,25-,26-,27-,28-,29-/m0/s1. The van der Waals surface area contributed by atoms with Crippen molar-refractivity contribution in [1.29, 1.82) is 0 Å². The molecule has 6 amide bonds. The number of carbonyl (C=O) groups is 7. The fraction of sp³-hybridized carbons (Fsp3) is 0.541. The Morgan fingerprint density at radius 1 is 0.948 bits per heavy atom. The molecule has 1 saturated heterocycles. The first-order valence-electron chi connectivity index (χ1n) is 19.0. The van der Waals surface area contributed by atoms with Crippen LogP contribution in [0.25, 0.3) is 0 Å². The number of imidazole rings is 1. The number of aromatic amines is 1. The van der Waals surface area contributed by atoms with Crippen LogP contribution in [0.2, 0.25) is 0 Å². The van der Waals surface area contributed by atoms with E-state index < -0.39 is 78.3 Å². The molecule has 13 N–H and O–H groups in total. The predicted molar refractivity (Wildman–Crippen MR) is 217 cm³/mol. The quantitative estimate of drug-likeness (QED) is 0.0244. The minimum absolute atomic E-state index is 0.000107. The van der Waals surface area contributed by atoms with Crippen LogP contribution in [0.4, 0.5) is 0 Å². The zero-order valence-corrected chi connectivity index (χ0v) is 33.6. The van der Waals surface area contributed by atoms with Gasteiger partial charge in [0.2, 0.25) is 35.4 Å². The number of guanidine groups is 1. The van der Waals surface area contributed by atoms with Crippen LogP contribution in [0, 0.1) is 5.92 Å². The summed E-state index contributed by atoms with van der Waals surface area (Å²) < 4.78 is 0. The van der Waals surface area contributed by atoms with Crippen LogP contribution in [0.5, 0.6) is 0 Å². The van der Waals surface area contributed by atoms with E-state index in [9.17, 15) is 38.7 Å². The van der Waals surface area contributed by atoms with E-state index in [1.807, 2.05) is 13.8 Å². The number of likely N-dealkylation sites (tertiary alicyclic amines) is 1. The van der Waals surface area contributed by atoms with Crippen LogP contribution in [0.3, 0.4) is 0 Å². The number of hydrogen-bond acceptors (Lipinski definition) is 11. The molecule has 0 radical (unpaired) electrons. The number of aromatic nitrogens is 2. The molecule has 2 aromatic rings. The minimum atomic E-state index is -1.31. The summed E-state index contributed by atoms with van der Waals surface area (Å²) in [7, 11) is 0. The van der Waals surface area contributed by atoms with Gasteiger partial charge in [-0.25, -0.2) is 9.78 Å². The van der Waals surface area contributed by atoms with Crippen LogP contribution < -0.4 is 43.8 Å². The number of carboxylic acids is 1. The van der Waals surface area contributed by atoms with Gasteiger partial charge < -0.3 is 58.8 Å². The SMILES string of the molecule is CC(C)C[C@H](N)C(=O)N1CCC[C@H]1C(=O)N[C@@H](Cc1ccccc1)C(=O)N[C@@H](CCCN=C(N)N)C(=O)N[C@@H](Cc1cnc[nH]1)C(=O)NCC(=O)N[C@@H](CS)C(=O)O. The largest absolute Gasteiger partial charge is 0.480 e. The lowest BCUT2D eigenvalue weighted by Crippen LogP contribution is -2.59. The Morgan fingerprint density at radius 2 is 1.62 bits per heavy atom. The maximum Gasteiger partial charge on any atom is 0.327 e. The average molecular weight is 829 g/mol. The first-order valence-corrected chi connectivity index (χ1v) is 19.7. The Balaban J connectivity index is 1.85. The van der Waals surface area contributed by atoms with Gasteiger partial charge in [-0.05, 0) is 43.6 Å². The monoisotopic (exact) mass is 828 g/mol. The third-order valence-electron chi connectivity index (χ3n) is 9.23. The number of carboxylic acid groups (broad SMARTS) is 1. The number of H-pyrrole nitrogens is 1. The smallest absolute Gasteiger partial charge is 0.327 e. The Kier molecular flexibility index (Phi) is 18.9. The number of benzene rings is 1. The molecule has 0 bridgehead atoms. The van der Waals surface area contributed by atoms with Crippen LogP contribution in [-0.4, -0.2) is 129 Å². The van der Waals surface area contributed by atoms with Gasteiger partial charge in [-0.15, -0.1) is 0 Å². The maximum absolute atomic E-state index is 14.2. The molecule has 1 aromatic carbocycles. The summed E-state index contributed by atoms with van der Waals surface area (Å²) in [5.41, 5.74) is 18.3. The highest BCUT2D eigenvalue weighted by molar-refractivity contribution is 7.80. The molecule has 1 aromatic heterocycles. The fourth-order valence-electron chi connectivity index (χ4n) is 6.32. The third-order valence-corrected chi connectivity index (χ3v) is 9.59. The van der Waals surface area contributed by atoms with Crippen molar-refractivity contribution in [2.75, 3.05) is 25.4 Å². The Hall–Kier alpha value is -5.70. The molecular formula is C37H56N12O8S. The molecule has 0 unspecified atom stereocenters. The lowest BCUT2D eigenvalue weighted by atomic mass is 10.0. The van der Waals surface area contributed by atoms with E-state index >= 15 is 0 Å². The average Bonchev–Trinajstić information content (AvgIpc) is 3.89. The van der Waals surface area contributed by atoms with E-state index in [-0.39, 0.29) is 55.8 Å². The van der Waals surface area contributed by atoms with Crippen molar-refractivity contribution in [3.8, 4) is 0 Å². The molecule has 21 heteroatoms. The zero-order chi connectivity index (χ0) is 42.8. The summed E-state index contributed by atoms with van der Waals surface area (Å²) in [6, 6.07) is 2.21. The summed E-state index contributed by atoms with van der Waals surface area (Å²) in [4.78, 5) is 105. The van der Waals surface area contributed by atoms with Crippen molar-refractivity contribution in [2.24, 2.45) is 28.1 Å². The van der Waals surface area contributed by atoms with Gasteiger partial charge in [-0.1, -0.05) is 44.2 Å². The van der Waals surface area contributed by atoms with Crippen molar-refractivity contribution in [3.05, 3.63) is 54.1 Å². The molecule has 3 rings (SSSR count). The Labute approximate surface area is 342 Å². The van der Waals surface area contributed by atoms with Gasteiger partial charge in [0.15, 0.2) is 5.96 Å². The number of carbonyl (C=O) groups excluding carboxylic acids is 6.